The summed E-state index contributed by atoms with van der Waals surface area (Å²) in [6, 6.07) is 8.24. The van der Waals surface area contributed by atoms with E-state index in [-0.39, 0.29) is 11.9 Å². The molecule has 126 valence electrons. The fourth-order valence-electron chi connectivity index (χ4n) is 3.00. The maximum atomic E-state index is 12.3. The smallest absolute Gasteiger partial charge is 0.230 e. The van der Waals surface area contributed by atoms with Gasteiger partial charge in [-0.15, -0.1) is 11.8 Å². The molecule has 1 amide bonds. The van der Waals surface area contributed by atoms with Crippen LogP contribution in [0, 0.1) is 13.8 Å². The van der Waals surface area contributed by atoms with E-state index in [1.165, 1.54) is 11.1 Å². The molecule has 0 radical (unpaired) electrons. The maximum absolute atomic E-state index is 12.3. The highest BCUT2D eigenvalue weighted by Crippen LogP contribution is 2.35. The largest absolute Gasteiger partial charge is 0.493 e. The van der Waals surface area contributed by atoms with Crippen LogP contribution in [0.4, 0.5) is 0 Å². The van der Waals surface area contributed by atoms with E-state index < -0.39 is 0 Å². The Labute approximate surface area is 147 Å². The molecule has 0 unspecified atom stereocenters. The number of thioether (sulfide) groups is 1. The molecule has 3 rings (SSSR count). The third kappa shape index (κ3) is 4.09. The van der Waals surface area contributed by atoms with Crippen LogP contribution < -0.4 is 10.1 Å². The molecule has 0 fully saturated rings. The van der Waals surface area contributed by atoms with Gasteiger partial charge in [-0.05, 0) is 37.1 Å². The molecule has 0 saturated carbocycles. The predicted octanol–water partition coefficient (Wildman–Crippen LogP) is 3.57. The molecular formula is C19H22N2O2S. The Morgan fingerprint density at radius 2 is 2.12 bits per heavy atom. The highest BCUT2D eigenvalue weighted by atomic mass is 32.2. The van der Waals surface area contributed by atoms with Crippen LogP contribution in [0.15, 0.2) is 36.7 Å². The number of hydrogen-bond donors (Lipinski definition) is 1. The second-order valence-corrected chi connectivity index (χ2v) is 7.09. The van der Waals surface area contributed by atoms with Crippen LogP contribution in [0.25, 0.3) is 0 Å². The number of amides is 1. The molecule has 0 spiro atoms. The zero-order valence-corrected chi connectivity index (χ0v) is 14.9. The molecule has 0 bridgehead atoms. The van der Waals surface area contributed by atoms with E-state index in [9.17, 15) is 4.79 Å². The van der Waals surface area contributed by atoms with Crippen molar-refractivity contribution in [3.8, 4) is 5.75 Å². The number of rotatable bonds is 5. The molecule has 1 aliphatic heterocycles. The van der Waals surface area contributed by atoms with E-state index in [0.717, 1.165) is 29.1 Å². The first-order chi connectivity index (χ1) is 11.6. The molecule has 5 heteroatoms. The normalized spacial score (nSPS) is 16.2. The van der Waals surface area contributed by atoms with Crippen LogP contribution in [0.5, 0.6) is 5.75 Å². The summed E-state index contributed by atoms with van der Waals surface area (Å²) < 4.78 is 5.80. The molecule has 0 saturated heterocycles. The van der Waals surface area contributed by atoms with Crippen molar-refractivity contribution in [1.82, 2.24) is 10.3 Å². The van der Waals surface area contributed by atoms with Gasteiger partial charge in [-0.25, -0.2) is 0 Å². The van der Waals surface area contributed by atoms with Gasteiger partial charge in [-0.2, -0.15) is 0 Å². The Bertz CT molecular complexity index is 719. The lowest BCUT2D eigenvalue weighted by atomic mass is 9.96. The van der Waals surface area contributed by atoms with Gasteiger partial charge >= 0.3 is 0 Å². The van der Waals surface area contributed by atoms with Gasteiger partial charge in [0.25, 0.3) is 0 Å². The highest BCUT2D eigenvalue weighted by Gasteiger charge is 2.24. The van der Waals surface area contributed by atoms with E-state index in [1.807, 2.05) is 12.1 Å². The standard InChI is InChI=1S/C19H22N2O2S/c1-13-9-14(2)19-16(10-13)17(5-8-23-19)21-18(22)12-24-11-15-3-6-20-7-4-15/h3-4,6-7,9-10,17H,5,8,11-12H2,1-2H3,(H,21,22)/t17-/m1/s1. The zero-order valence-electron chi connectivity index (χ0n) is 14.0. The Morgan fingerprint density at radius 3 is 2.92 bits per heavy atom. The SMILES string of the molecule is Cc1cc(C)c2c(c1)[C@H](NC(=O)CSCc1ccncc1)CCO2. The van der Waals surface area contributed by atoms with E-state index in [2.05, 4.69) is 36.3 Å². The van der Waals surface area contributed by atoms with Crippen LogP contribution in [0.2, 0.25) is 0 Å². The molecule has 1 aromatic heterocycles. The first-order valence-electron chi connectivity index (χ1n) is 8.13. The summed E-state index contributed by atoms with van der Waals surface area (Å²) in [7, 11) is 0. The van der Waals surface area contributed by atoms with Crippen molar-refractivity contribution in [3.63, 3.8) is 0 Å². The maximum Gasteiger partial charge on any atom is 0.230 e. The van der Waals surface area contributed by atoms with E-state index in [4.69, 9.17) is 4.74 Å². The lowest BCUT2D eigenvalue weighted by molar-refractivity contribution is -0.119. The summed E-state index contributed by atoms with van der Waals surface area (Å²) in [5.74, 6) is 2.28. The van der Waals surface area contributed by atoms with Crippen molar-refractivity contribution in [2.75, 3.05) is 12.4 Å². The Morgan fingerprint density at radius 1 is 1.33 bits per heavy atom. The van der Waals surface area contributed by atoms with Crippen LogP contribution in [0.1, 0.15) is 34.7 Å². The van der Waals surface area contributed by atoms with Crippen molar-refractivity contribution in [2.45, 2.75) is 32.1 Å². The Hall–Kier alpha value is -2.01. The molecule has 1 atom stereocenters. The third-order valence-electron chi connectivity index (χ3n) is 4.06. The van der Waals surface area contributed by atoms with E-state index >= 15 is 0 Å². The number of nitrogens with zero attached hydrogens (tertiary/aromatic N) is 1. The van der Waals surface area contributed by atoms with Gasteiger partial charge in [0.05, 0.1) is 18.4 Å². The van der Waals surface area contributed by atoms with Crippen LogP contribution >= 0.6 is 11.8 Å². The minimum Gasteiger partial charge on any atom is -0.493 e. The molecule has 0 aliphatic carbocycles. The van der Waals surface area contributed by atoms with Crippen LogP contribution in [-0.2, 0) is 10.5 Å². The van der Waals surface area contributed by atoms with Crippen molar-refractivity contribution in [2.24, 2.45) is 0 Å². The third-order valence-corrected chi connectivity index (χ3v) is 5.07. The lowest BCUT2D eigenvalue weighted by Gasteiger charge is -2.28. The molecule has 1 N–H and O–H groups in total. The van der Waals surface area contributed by atoms with Gasteiger partial charge in [0.2, 0.25) is 5.91 Å². The predicted molar refractivity (Wildman–Crippen MR) is 97.3 cm³/mol. The minimum atomic E-state index is 0.0429. The minimum absolute atomic E-state index is 0.0429. The number of carbonyl (C=O) groups is 1. The topological polar surface area (TPSA) is 51.2 Å². The van der Waals surface area contributed by atoms with E-state index in [1.54, 1.807) is 24.2 Å². The number of ether oxygens (including phenoxy) is 1. The summed E-state index contributed by atoms with van der Waals surface area (Å²) in [4.78, 5) is 16.3. The second kappa shape index (κ2) is 7.71. The van der Waals surface area contributed by atoms with Crippen molar-refractivity contribution in [3.05, 3.63) is 58.9 Å². The number of hydrogen-bond acceptors (Lipinski definition) is 4. The van der Waals surface area contributed by atoms with Crippen molar-refractivity contribution >= 4 is 17.7 Å². The molecule has 1 aliphatic rings. The van der Waals surface area contributed by atoms with Crippen LogP contribution in [0.3, 0.4) is 0 Å². The summed E-state index contributed by atoms with van der Waals surface area (Å²) in [5, 5.41) is 3.16. The number of benzene rings is 1. The fourth-order valence-corrected chi connectivity index (χ4v) is 3.80. The fraction of sp³-hybridized carbons (Fsp3) is 0.368. The summed E-state index contributed by atoms with van der Waals surface area (Å²) in [6.07, 6.45) is 4.37. The van der Waals surface area contributed by atoms with Gasteiger partial charge in [0.15, 0.2) is 0 Å². The molecule has 1 aromatic carbocycles. The van der Waals surface area contributed by atoms with Gasteiger partial charge in [-0.3, -0.25) is 9.78 Å². The summed E-state index contributed by atoms with van der Waals surface area (Å²) in [5.41, 5.74) is 4.62. The molecule has 2 heterocycles. The summed E-state index contributed by atoms with van der Waals surface area (Å²) in [6.45, 7) is 4.78. The Kier molecular flexibility index (Phi) is 5.41. The molecule has 2 aromatic rings. The number of aromatic nitrogens is 1. The number of carbonyl (C=O) groups excluding carboxylic acids is 1. The highest BCUT2D eigenvalue weighted by molar-refractivity contribution is 7.99. The Balaban J connectivity index is 1.58. The average molecular weight is 342 g/mol. The van der Waals surface area contributed by atoms with Gasteiger partial charge < -0.3 is 10.1 Å². The first kappa shape index (κ1) is 16.8. The van der Waals surface area contributed by atoms with Crippen LogP contribution in [-0.4, -0.2) is 23.3 Å². The second-order valence-electron chi connectivity index (χ2n) is 6.11. The number of nitrogens with one attached hydrogen (secondary N) is 1. The van der Waals surface area contributed by atoms with Gasteiger partial charge in [-0.1, -0.05) is 17.7 Å². The summed E-state index contributed by atoms with van der Waals surface area (Å²) >= 11 is 1.62. The molecular weight excluding hydrogens is 320 g/mol. The van der Waals surface area contributed by atoms with Gasteiger partial charge in [0, 0.05) is 30.1 Å². The van der Waals surface area contributed by atoms with Crippen molar-refractivity contribution in [1.29, 1.82) is 0 Å². The quantitative estimate of drug-likeness (QED) is 0.902. The number of pyridine rings is 1. The van der Waals surface area contributed by atoms with Crippen molar-refractivity contribution < 1.29 is 9.53 Å². The lowest BCUT2D eigenvalue weighted by Crippen LogP contribution is -2.33. The molecule has 24 heavy (non-hydrogen) atoms. The zero-order chi connectivity index (χ0) is 16.9. The number of aryl methyl sites for hydroxylation is 2. The molecule has 4 nitrogen and oxygen atoms in total. The average Bonchev–Trinajstić information content (AvgIpc) is 2.56. The number of fused-ring (bicyclic) bond motifs is 1. The van der Waals surface area contributed by atoms with Gasteiger partial charge in [0.1, 0.15) is 5.75 Å². The van der Waals surface area contributed by atoms with E-state index in [0.29, 0.717) is 12.4 Å². The first-order valence-corrected chi connectivity index (χ1v) is 9.29. The monoisotopic (exact) mass is 342 g/mol.